The summed E-state index contributed by atoms with van der Waals surface area (Å²) < 4.78 is 0. The summed E-state index contributed by atoms with van der Waals surface area (Å²) in [5.41, 5.74) is 4.40. The largest absolute Gasteiger partial charge is 0.400 e. The molecule has 148 valence electrons. The maximum absolute atomic E-state index is 9.10. The van der Waals surface area contributed by atoms with Crippen LogP contribution in [-0.4, -0.2) is 45.3 Å². The Kier molecular flexibility index (Phi) is 12.5. The first kappa shape index (κ1) is 24.6. The quantitative estimate of drug-likeness (QED) is 0.582. The van der Waals surface area contributed by atoms with E-state index in [0.29, 0.717) is 11.4 Å². The summed E-state index contributed by atoms with van der Waals surface area (Å²) in [6.45, 7) is 7.66. The van der Waals surface area contributed by atoms with E-state index in [4.69, 9.17) is 21.0 Å². The van der Waals surface area contributed by atoms with E-state index in [1.54, 1.807) is 13.8 Å². The van der Waals surface area contributed by atoms with Crippen molar-refractivity contribution in [3.63, 3.8) is 0 Å². The fourth-order valence-corrected chi connectivity index (χ4v) is 2.19. The highest BCUT2D eigenvalue weighted by Crippen LogP contribution is 2.10. The van der Waals surface area contributed by atoms with Crippen molar-refractivity contribution in [2.24, 2.45) is 5.92 Å². The summed E-state index contributed by atoms with van der Waals surface area (Å²) in [7, 11) is 1.00. The third kappa shape index (κ3) is 9.72. The van der Waals surface area contributed by atoms with Crippen molar-refractivity contribution in [1.29, 1.82) is 10.8 Å². The predicted molar refractivity (Wildman–Crippen MR) is 111 cm³/mol. The molecule has 0 saturated carbocycles. The molecule has 1 atom stereocenters. The number of aromatic nitrogens is 2. The summed E-state index contributed by atoms with van der Waals surface area (Å²) in [5.74, 6) is 0.277. The van der Waals surface area contributed by atoms with Gasteiger partial charge in [0.2, 0.25) is 0 Å². The SMILES string of the molecule is CC(=N)c1cccc(C)n1.CCC(CO)Cc1cccc(C(C)=N)n1.CO. The van der Waals surface area contributed by atoms with E-state index in [2.05, 4.69) is 16.9 Å². The molecule has 0 aliphatic carbocycles. The molecule has 2 rings (SSSR count). The van der Waals surface area contributed by atoms with Crippen LogP contribution in [0.25, 0.3) is 0 Å². The molecule has 4 N–H and O–H groups in total. The Morgan fingerprint density at radius 3 is 1.89 bits per heavy atom. The number of pyridine rings is 2. The first-order valence-corrected chi connectivity index (χ1v) is 8.93. The number of aryl methyl sites for hydroxylation is 1. The van der Waals surface area contributed by atoms with Gasteiger partial charge in [0.1, 0.15) is 0 Å². The van der Waals surface area contributed by atoms with Crippen molar-refractivity contribution >= 4 is 11.4 Å². The fraction of sp³-hybridized carbons (Fsp3) is 0.429. The summed E-state index contributed by atoms with van der Waals surface area (Å²) in [4.78, 5) is 8.52. The second-order valence-electron chi connectivity index (χ2n) is 6.09. The van der Waals surface area contributed by atoms with E-state index in [9.17, 15) is 0 Å². The zero-order valence-corrected chi connectivity index (χ0v) is 17.0. The van der Waals surface area contributed by atoms with Gasteiger partial charge in [-0.1, -0.05) is 25.5 Å². The van der Waals surface area contributed by atoms with Gasteiger partial charge >= 0.3 is 0 Å². The number of aliphatic hydroxyl groups excluding tert-OH is 2. The summed E-state index contributed by atoms with van der Waals surface area (Å²) in [5, 5.41) is 30.9. The van der Waals surface area contributed by atoms with Gasteiger partial charge in [0.15, 0.2) is 0 Å². The van der Waals surface area contributed by atoms with Crippen molar-refractivity contribution in [1.82, 2.24) is 9.97 Å². The van der Waals surface area contributed by atoms with E-state index in [-0.39, 0.29) is 12.5 Å². The molecule has 0 spiro atoms. The summed E-state index contributed by atoms with van der Waals surface area (Å²) in [6, 6.07) is 11.4. The molecule has 0 bridgehead atoms. The van der Waals surface area contributed by atoms with Crippen molar-refractivity contribution in [2.45, 2.75) is 40.5 Å². The molecular weight excluding hydrogens is 340 g/mol. The van der Waals surface area contributed by atoms with Crippen LogP contribution in [0.5, 0.6) is 0 Å². The fourth-order valence-electron chi connectivity index (χ4n) is 2.19. The van der Waals surface area contributed by atoms with Crippen LogP contribution < -0.4 is 0 Å². The molecule has 2 aromatic rings. The molecule has 0 aliphatic rings. The van der Waals surface area contributed by atoms with Gasteiger partial charge in [-0.25, -0.2) is 0 Å². The number of rotatable bonds is 6. The lowest BCUT2D eigenvalue weighted by molar-refractivity contribution is 0.221. The van der Waals surface area contributed by atoms with E-state index < -0.39 is 0 Å². The molecule has 6 heteroatoms. The molecule has 1 unspecified atom stereocenters. The van der Waals surface area contributed by atoms with Crippen molar-refractivity contribution in [3.05, 3.63) is 59.2 Å². The van der Waals surface area contributed by atoms with Gasteiger partial charge < -0.3 is 21.0 Å². The summed E-state index contributed by atoms with van der Waals surface area (Å²) in [6.07, 6.45) is 1.74. The molecule has 0 aromatic carbocycles. The average Bonchev–Trinajstić information content (AvgIpc) is 2.68. The van der Waals surface area contributed by atoms with Crippen LogP contribution in [0.4, 0.5) is 0 Å². The predicted octanol–water partition coefficient (Wildman–Crippen LogP) is 3.42. The molecule has 6 nitrogen and oxygen atoms in total. The Morgan fingerprint density at radius 1 is 0.963 bits per heavy atom. The van der Waals surface area contributed by atoms with E-state index in [1.807, 2.05) is 43.3 Å². The maximum Gasteiger partial charge on any atom is 0.0837 e. The van der Waals surface area contributed by atoms with Crippen LogP contribution in [0.2, 0.25) is 0 Å². The zero-order chi connectivity index (χ0) is 20.8. The molecule has 0 amide bonds. The van der Waals surface area contributed by atoms with Gasteiger partial charge in [-0.2, -0.15) is 0 Å². The third-order valence-electron chi connectivity index (χ3n) is 3.80. The first-order chi connectivity index (χ1) is 12.9. The normalized spacial score (nSPS) is 10.6. The number of hydrogen-bond acceptors (Lipinski definition) is 6. The number of nitrogens with one attached hydrogen (secondary N) is 2. The third-order valence-corrected chi connectivity index (χ3v) is 3.80. The molecule has 27 heavy (non-hydrogen) atoms. The Bertz CT molecular complexity index is 713. The van der Waals surface area contributed by atoms with Crippen LogP contribution in [0.3, 0.4) is 0 Å². The van der Waals surface area contributed by atoms with Crippen molar-refractivity contribution in [2.75, 3.05) is 13.7 Å². The number of nitrogens with zero attached hydrogens (tertiary/aromatic N) is 2. The van der Waals surface area contributed by atoms with Gasteiger partial charge in [0.25, 0.3) is 0 Å². The van der Waals surface area contributed by atoms with Gasteiger partial charge in [0, 0.05) is 25.1 Å². The summed E-state index contributed by atoms with van der Waals surface area (Å²) >= 11 is 0. The number of aliphatic hydroxyl groups is 2. The van der Waals surface area contributed by atoms with Gasteiger partial charge in [0.05, 0.1) is 22.8 Å². The minimum Gasteiger partial charge on any atom is -0.400 e. The molecule has 2 aromatic heterocycles. The van der Waals surface area contributed by atoms with Crippen LogP contribution >= 0.6 is 0 Å². The van der Waals surface area contributed by atoms with E-state index in [1.165, 1.54) is 0 Å². The monoisotopic (exact) mass is 372 g/mol. The molecule has 0 fully saturated rings. The highest BCUT2D eigenvalue weighted by molar-refractivity contribution is 5.94. The second kappa shape index (κ2) is 13.7. The molecule has 0 saturated heterocycles. The Balaban J connectivity index is 0.000000488. The van der Waals surface area contributed by atoms with Crippen LogP contribution in [0, 0.1) is 23.7 Å². The van der Waals surface area contributed by atoms with E-state index in [0.717, 1.165) is 42.7 Å². The molecule has 2 heterocycles. The highest BCUT2D eigenvalue weighted by Gasteiger charge is 2.07. The van der Waals surface area contributed by atoms with Crippen LogP contribution in [0.1, 0.15) is 50.0 Å². The maximum atomic E-state index is 9.10. The number of hydrogen-bond donors (Lipinski definition) is 4. The standard InChI is InChI=1S/C12H18N2O.C8H10N2.CH4O/c1-3-10(8-15)7-11-5-4-6-12(14-11)9(2)13;1-6-4-3-5-8(10-6)7(2)9;1-2/h4-6,10,13,15H,3,7-8H2,1-2H3;3-5,9H,1-2H3;2H,1H3. The van der Waals surface area contributed by atoms with Gasteiger partial charge in [-0.15, -0.1) is 0 Å². The van der Waals surface area contributed by atoms with Crippen LogP contribution in [-0.2, 0) is 6.42 Å². The molecular formula is C21H32N4O2. The lowest BCUT2D eigenvalue weighted by Crippen LogP contribution is -2.10. The van der Waals surface area contributed by atoms with Crippen molar-refractivity contribution in [3.8, 4) is 0 Å². The topological polar surface area (TPSA) is 114 Å². The smallest absolute Gasteiger partial charge is 0.0837 e. The Morgan fingerprint density at radius 2 is 1.48 bits per heavy atom. The van der Waals surface area contributed by atoms with E-state index >= 15 is 0 Å². The average molecular weight is 373 g/mol. The first-order valence-electron chi connectivity index (χ1n) is 8.93. The molecule has 0 aliphatic heterocycles. The minimum absolute atomic E-state index is 0.200. The van der Waals surface area contributed by atoms with Gasteiger partial charge in [-0.05, 0) is 57.4 Å². The minimum atomic E-state index is 0.200. The highest BCUT2D eigenvalue weighted by atomic mass is 16.3. The Hall–Kier alpha value is -2.44. The lowest BCUT2D eigenvalue weighted by Gasteiger charge is -2.11. The molecule has 0 radical (unpaired) electrons. The Labute approximate surface area is 162 Å². The second-order valence-corrected chi connectivity index (χ2v) is 6.09. The van der Waals surface area contributed by atoms with Crippen molar-refractivity contribution < 1.29 is 10.2 Å². The van der Waals surface area contributed by atoms with Gasteiger partial charge in [-0.3, -0.25) is 9.97 Å². The zero-order valence-electron chi connectivity index (χ0n) is 17.0. The lowest BCUT2D eigenvalue weighted by atomic mass is 10.0. The van der Waals surface area contributed by atoms with Crippen LogP contribution in [0.15, 0.2) is 36.4 Å².